The van der Waals surface area contributed by atoms with Crippen LogP contribution in [0, 0.1) is 0 Å². The summed E-state index contributed by atoms with van der Waals surface area (Å²) < 4.78 is 44.0. The number of methoxy groups -OCH3 is 1. The number of hydrogen-bond donors (Lipinski definition) is 1. The Bertz CT molecular complexity index is 581. The van der Waals surface area contributed by atoms with Crippen molar-refractivity contribution in [1.29, 1.82) is 0 Å². The van der Waals surface area contributed by atoms with Crippen LogP contribution in [0.1, 0.15) is 11.3 Å². The fourth-order valence-corrected chi connectivity index (χ4v) is 1.89. The Labute approximate surface area is 120 Å². The minimum atomic E-state index is -4.43. The highest BCUT2D eigenvalue weighted by molar-refractivity contribution is 5.40. The predicted molar refractivity (Wildman–Crippen MR) is 72.1 cm³/mol. The van der Waals surface area contributed by atoms with E-state index < -0.39 is 11.9 Å². The van der Waals surface area contributed by atoms with E-state index in [4.69, 9.17) is 4.74 Å². The van der Waals surface area contributed by atoms with E-state index in [1.54, 1.807) is 19.2 Å². The van der Waals surface area contributed by atoms with Crippen LogP contribution in [0.4, 0.5) is 13.2 Å². The highest BCUT2D eigenvalue weighted by atomic mass is 19.4. The molecule has 4 nitrogen and oxygen atoms in total. The molecule has 0 radical (unpaired) electrons. The SMILES string of the molecule is COCCNCc1ccccc1-n1ccc(C(F)(F)F)n1. The number of ether oxygens (including phenoxy) is 1. The van der Waals surface area contributed by atoms with Crippen molar-refractivity contribution in [2.45, 2.75) is 12.7 Å². The Hall–Kier alpha value is -1.86. The fraction of sp³-hybridized carbons (Fsp3) is 0.357. The monoisotopic (exact) mass is 299 g/mol. The van der Waals surface area contributed by atoms with Gasteiger partial charge in [-0.25, -0.2) is 4.68 Å². The standard InChI is InChI=1S/C14H16F3N3O/c1-21-9-7-18-10-11-4-2-3-5-12(11)20-8-6-13(19-20)14(15,16)17/h2-6,8,18H,7,9-10H2,1H3. The van der Waals surface area contributed by atoms with Crippen LogP contribution < -0.4 is 5.32 Å². The van der Waals surface area contributed by atoms with E-state index >= 15 is 0 Å². The van der Waals surface area contributed by atoms with Gasteiger partial charge < -0.3 is 10.1 Å². The van der Waals surface area contributed by atoms with E-state index in [1.807, 2.05) is 12.1 Å². The number of alkyl halides is 3. The van der Waals surface area contributed by atoms with Gasteiger partial charge in [0.05, 0.1) is 12.3 Å². The summed E-state index contributed by atoms with van der Waals surface area (Å²) >= 11 is 0. The molecule has 1 N–H and O–H groups in total. The molecule has 1 aromatic carbocycles. The first-order valence-corrected chi connectivity index (χ1v) is 6.43. The topological polar surface area (TPSA) is 39.1 Å². The molecule has 0 saturated heterocycles. The molecule has 0 aliphatic rings. The molecule has 7 heteroatoms. The molecule has 1 aromatic heterocycles. The first kappa shape index (κ1) is 15.5. The lowest BCUT2D eigenvalue weighted by Crippen LogP contribution is -2.19. The zero-order valence-corrected chi connectivity index (χ0v) is 11.5. The van der Waals surface area contributed by atoms with Crippen molar-refractivity contribution in [3.63, 3.8) is 0 Å². The molecule has 2 aromatic rings. The van der Waals surface area contributed by atoms with E-state index in [1.165, 1.54) is 10.9 Å². The third-order valence-electron chi connectivity index (χ3n) is 2.92. The van der Waals surface area contributed by atoms with Crippen molar-refractivity contribution in [3.8, 4) is 5.69 Å². The largest absolute Gasteiger partial charge is 0.435 e. The van der Waals surface area contributed by atoms with Gasteiger partial charge in [0.15, 0.2) is 5.69 Å². The number of hydrogen-bond acceptors (Lipinski definition) is 3. The van der Waals surface area contributed by atoms with Gasteiger partial charge in [-0.15, -0.1) is 0 Å². The van der Waals surface area contributed by atoms with Crippen LogP contribution in [0.3, 0.4) is 0 Å². The third kappa shape index (κ3) is 4.05. The van der Waals surface area contributed by atoms with Crippen molar-refractivity contribution in [3.05, 3.63) is 47.8 Å². The van der Waals surface area contributed by atoms with E-state index in [0.29, 0.717) is 25.4 Å². The molecule has 2 rings (SSSR count). The summed E-state index contributed by atoms with van der Waals surface area (Å²) in [6.45, 7) is 1.76. The molecule has 0 unspecified atom stereocenters. The lowest BCUT2D eigenvalue weighted by molar-refractivity contribution is -0.141. The van der Waals surface area contributed by atoms with E-state index in [-0.39, 0.29) is 0 Å². The second kappa shape index (κ2) is 6.73. The maximum absolute atomic E-state index is 12.6. The van der Waals surface area contributed by atoms with Gasteiger partial charge in [0, 0.05) is 26.4 Å². The van der Waals surface area contributed by atoms with Crippen LogP contribution in [0.2, 0.25) is 0 Å². The van der Waals surface area contributed by atoms with Gasteiger partial charge in [-0.2, -0.15) is 18.3 Å². The molecule has 21 heavy (non-hydrogen) atoms. The maximum atomic E-state index is 12.6. The van der Waals surface area contributed by atoms with Crippen molar-refractivity contribution in [2.24, 2.45) is 0 Å². The number of rotatable bonds is 6. The van der Waals surface area contributed by atoms with E-state index in [0.717, 1.165) is 11.6 Å². The average molecular weight is 299 g/mol. The molecule has 0 atom stereocenters. The molecule has 0 aliphatic carbocycles. The van der Waals surface area contributed by atoms with E-state index in [9.17, 15) is 13.2 Å². The number of halogens is 3. The maximum Gasteiger partial charge on any atom is 0.435 e. The smallest absolute Gasteiger partial charge is 0.383 e. The number of nitrogens with zero attached hydrogens (tertiary/aromatic N) is 2. The van der Waals surface area contributed by atoms with Gasteiger partial charge in [0.1, 0.15) is 0 Å². The van der Waals surface area contributed by atoms with Crippen LogP contribution in [0.25, 0.3) is 5.69 Å². The van der Waals surface area contributed by atoms with Crippen LogP contribution in [0.5, 0.6) is 0 Å². The van der Waals surface area contributed by atoms with Gasteiger partial charge in [-0.05, 0) is 17.7 Å². The van der Waals surface area contributed by atoms with Crippen LogP contribution in [-0.2, 0) is 17.5 Å². The lowest BCUT2D eigenvalue weighted by Gasteiger charge is -2.10. The normalized spacial score (nSPS) is 11.8. The summed E-state index contributed by atoms with van der Waals surface area (Å²) in [4.78, 5) is 0. The Morgan fingerprint density at radius 2 is 2.00 bits per heavy atom. The van der Waals surface area contributed by atoms with Crippen molar-refractivity contribution in [1.82, 2.24) is 15.1 Å². The molecule has 0 spiro atoms. The van der Waals surface area contributed by atoms with Crippen molar-refractivity contribution < 1.29 is 17.9 Å². The first-order valence-electron chi connectivity index (χ1n) is 6.43. The summed E-state index contributed by atoms with van der Waals surface area (Å²) in [6, 6.07) is 8.16. The van der Waals surface area contributed by atoms with Crippen molar-refractivity contribution >= 4 is 0 Å². The van der Waals surface area contributed by atoms with Gasteiger partial charge >= 0.3 is 6.18 Å². The quantitative estimate of drug-likeness (QED) is 0.833. The molecule has 0 saturated carbocycles. The molecular weight excluding hydrogens is 283 g/mol. The summed E-state index contributed by atoms with van der Waals surface area (Å²) in [5.74, 6) is 0. The summed E-state index contributed by atoms with van der Waals surface area (Å²) in [5, 5.41) is 6.76. The van der Waals surface area contributed by atoms with Gasteiger partial charge in [0.25, 0.3) is 0 Å². The summed E-state index contributed by atoms with van der Waals surface area (Å²) in [7, 11) is 1.61. The second-order valence-electron chi connectivity index (χ2n) is 4.44. The molecule has 0 amide bonds. The number of nitrogens with one attached hydrogen (secondary N) is 1. The highest BCUT2D eigenvalue weighted by Crippen LogP contribution is 2.28. The number of para-hydroxylation sites is 1. The van der Waals surface area contributed by atoms with Crippen LogP contribution in [0.15, 0.2) is 36.5 Å². The van der Waals surface area contributed by atoms with Gasteiger partial charge in [-0.1, -0.05) is 18.2 Å². The van der Waals surface area contributed by atoms with Gasteiger partial charge in [-0.3, -0.25) is 0 Å². The van der Waals surface area contributed by atoms with E-state index in [2.05, 4.69) is 10.4 Å². The molecule has 1 heterocycles. The van der Waals surface area contributed by atoms with Crippen molar-refractivity contribution in [2.75, 3.05) is 20.3 Å². The average Bonchev–Trinajstić information content (AvgIpc) is 2.94. The van der Waals surface area contributed by atoms with Crippen LogP contribution in [-0.4, -0.2) is 30.0 Å². The second-order valence-corrected chi connectivity index (χ2v) is 4.44. The predicted octanol–water partition coefficient (Wildman–Crippen LogP) is 2.63. The van der Waals surface area contributed by atoms with Crippen LogP contribution >= 0.6 is 0 Å². The number of aromatic nitrogens is 2. The molecule has 0 bridgehead atoms. The molecule has 114 valence electrons. The number of benzene rings is 1. The first-order chi connectivity index (χ1) is 10.0. The summed E-state index contributed by atoms with van der Waals surface area (Å²) in [6.07, 6.45) is -3.12. The lowest BCUT2D eigenvalue weighted by atomic mass is 10.2. The Balaban J connectivity index is 2.17. The zero-order valence-electron chi connectivity index (χ0n) is 11.5. The molecule has 0 aliphatic heterocycles. The Morgan fingerprint density at radius 3 is 2.67 bits per heavy atom. The summed E-state index contributed by atoms with van der Waals surface area (Å²) in [5.41, 5.74) is 0.591. The third-order valence-corrected chi connectivity index (χ3v) is 2.92. The fourth-order valence-electron chi connectivity index (χ4n) is 1.89. The van der Waals surface area contributed by atoms with Gasteiger partial charge in [0.2, 0.25) is 0 Å². The minimum Gasteiger partial charge on any atom is -0.383 e. The Kier molecular flexibility index (Phi) is 4.98. The Morgan fingerprint density at radius 1 is 1.24 bits per heavy atom. The highest BCUT2D eigenvalue weighted by Gasteiger charge is 2.33. The molecular formula is C14H16F3N3O. The molecule has 0 fully saturated rings. The minimum absolute atomic E-state index is 0.529. The zero-order chi connectivity index (χ0) is 15.3.